The van der Waals surface area contributed by atoms with Crippen molar-refractivity contribution in [2.24, 2.45) is 0 Å². The lowest BCUT2D eigenvalue weighted by atomic mass is 9.87. The van der Waals surface area contributed by atoms with Crippen LogP contribution >= 0.6 is 0 Å². The van der Waals surface area contributed by atoms with E-state index in [4.69, 9.17) is 0 Å². The number of phenolic OH excluding ortho intramolecular Hbond substituents is 1. The maximum atomic E-state index is 13.2. The molecule has 0 saturated carbocycles. The molecule has 0 spiro atoms. The molecular formula is C14H13FO2. The molecule has 88 valence electrons. The molecule has 2 N–H and O–H groups in total. The van der Waals surface area contributed by atoms with Crippen LogP contribution in [0.2, 0.25) is 0 Å². The Hall–Kier alpha value is -1.87. The summed E-state index contributed by atoms with van der Waals surface area (Å²) in [6.07, 6.45) is 0. The molecule has 1 unspecified atom stereocenters. The number of benzene rings is 2. The molecule has 0 radical (unpaired) electrons. The number of hydrogen-bond acceptors (Lipinski definition) is 2. The van der Waals surface area contributed by atoms with E-state index in [1.54, 1.807) is 24.3 Å². The molecule has 3 heteroatoms. The standard InChI is InChI=1S/C14H13FO2/c1-14(17,10-5-3-2-4-6-10)12-9-11(15)7-8-13(12)16/h2-9,16-17H,1H3. The van der Waals surface area contributed by atoms with Crippen LogP contribution in [0.4, 0.5) is 4.39 Å². The first-order valence-electron chi connectivity index (χ1n) is 5.28. The van der Waals surface area contributed by atoms with E-state index < -0.39 is 11.4 Å². The SMILES string of the molecule is CC(O)(c1ccccc1)c1cc(F)ccc1O. The van der Waals surface area contributed by atoms with Crippen LogP contribution in [0.15, 0.2) is 48.5 Å². The maximum absolute atomic E-state index is 13.2. The van der Waals surface area contributed by atoms with Crippen LogP contribution in [-0.4, -0.2) is 10.2 Å². The fourth-order valence-electron chi connectivity index (χ4n) is 1.82. The average molecular weight is 232 g/mol. The van der Waals surface area contributed by atoms with E-state index in [0.717, 1.165) is 12.1 Å². The summed E-state index contributed by atoms with van der Waals surface area (Å²) in [5, 5.41) is 20.1. The van der Waals surface area contributed by atoms with E-state index in [0.29, 0.717) is 5.56 Å². The summed E-state index contributed by atoms with van der Waals surface area (Å²) < 4.78 is 13.2. The van der Waals surface area contributed by atoms with Crippen LogP contribution in [0.25, 0.3) is 0 Å². The Labute approximate surface area is 99.0 Å². The van der Waals surface area contributed by atoms with Gasteiger partial charge in [0.05, 0.1) is 0 Å². The van der Waals surface area contributed by atoms with Crippen molar-refractivity contribution in [3.63, 3.8) is 0 Å². The summed E-state index contributed by atoms with van der Waals surface area (Å²) in [5.74, 6) is -0.616. The molecule has 0 aromatic heterocycles. The summed E-state index contributed by atoms with van der Waals surface area (Å²) >= 11 is 0. The van der Waals surface area contributed by atoms with Crippen molar-refractivity contribution in [2.45, 2.75) is 12.5 Å². The smallest absolute Gasteiger partial charge is 0.123 e. The molecule has 0 aliphatic heterocycles. The van der Waals surface area contributed by atoms with Gasteiger partial charge in [0.25, 0.3) is 0 Å². The molecule has 0 amide bonds. The lowest BCUT2D eigenvalue weighted by molar-refractivity contribution is 0.0988. The van der Waals surface area contributed by atoms with E-state index in [1.807, 2.05) is 6.07 Å². The monoisotopic (exact) mass is 232 g/mol. The second kappa shape index (κ2) is 4.18. The number of aromatic hydroxyl groups is 1. The van der Waals surface area contributed by atoms with Crippen LogP contribution in [0.5, 0.6) is 5.75 Å². The lowest BCUT2D eigenvalue weighted by Crippen LogP contribution is -2.23. The van der Waals surface area contributed by atoms with Gasteiger partial charge in [-0.2, -0.15) is 0 Å². The number of phenols is 1. The average Bonchev–Trinajstić information content (AvgIpc) is 2.33. The van der Waals surface area contributed by atoms with E-state index in [2.05, 4.69) is 0 Å². The molecule has 0 saturated heterocycles. The second-order valence-electron chi connectivity index (χ2n) is 4.10. The molecule has 0 aliphatic carbocycles. The molecule has 1 atom stereocenters. The summed E-state index contributed by atoms with van der Waals surface area (Å²) in [7, 11) is 0. The Kier molecular flexibility index (Phi) is 2.86. The van der Waals surface area contributed by atoms with Gasteiger partial charge in [0.15, 0.2) is 0 Å². The number of aliphatic hydroxyl groups is 1. The molecule has 0 fully saturated rings. The number of hydrogen-bond donors (Lipinski definition) is 2. The summed E-state index contributed by atoms with van der Waals surface area (Å²) in [4.78, 5) is 0. The fourth-order valence-corrected chi connectivity index (χ4v) is 1.82. The fraction of sp³-hybridized carbons (Fsp3) is 0.143. The normalized spacial score (nSPS) is 14.3. The highest BCUT2D eigenvalue weighted by molar-refractivity contribution is 5.43. The summed E-state index contributed by atoms with van der Waals surface area (Å²) in [6.45, 7) is 1.52. The van der Waals surface area contributed by atoms with Crippen LogP contribution in [0, 0.1) is 5.82 Å². The minimum atomic E-state index is -1.42. The second-order valence-corrected chi connectivity index (χ2v) is 4.10. The zero-order valence-corrected chi connectivity index (χ0v) is 9.39. The largest absolute Gasteiger partial charge is 0.508 e. The van der Waals surface area contributed by atoms with Crippen molar-refractivity contribution in [3.05, 3.63) is 65.5 Å². The molecule has 2 rings (SSSR count). The van der Waals surface area contributed by atoms with Crippen molar-refractivity contribution >= 4 is 0 Å². The quantitative estimate of drug-likeness (QED) is 0.835. The predicted octanol–water partition coefficient (Wildman–Crippen LogP) is 2.79. The molecule has 17 heavy (non-hydrogen) atoms. The first kappa shape index (κ1) is 11.6. The third-order valence-corrected chi connectivity index (χ3v) is 2.82. The molecule has 0 bridgehead atoms. The first-order chi connectivity index (χ1) is 8.01. The van der Waals surface area contributed by atoms with E-state index in [-0.39, 0.29) is 11.3 Å². The number of rotatable bonds is 2. The Morgan fingerprint density at radius 3 is 2.35 bits per heavy atom. The van der Waals surface area contributed by atoms with Gasteiger partial charge in [0.1, 0.15) is 17.2 Å². The molecule has 0 aliphatic rings. The third kappa shape index (κ3) is 2.15. The van der Waals surface area contributed by atoms with Gasteiger partial charge in [0, 0.05) is 5.56 Å². The Morgan fingerprint density at radius 2 is 1.71 bits per heavy atom. The highest BCUT2D eigenvalue weighted by Crippen LogP contribution is 2.34. The highest BCUT2D eigenvalue weighted by atomic mass is 19.1. The Balaban J connectivity index is 2.55. The minimum absolute atomic E-state index is 0.125. The lowest BCUT2D eigenvalue weighted by Gasteiger charge is -2.25. The molecule has 2 aromatic carbocycles. The van der Waals surface area contributed by atoms with Gasteiger partial charge < -0.3 is 10.2 Å². The third-order valence-electron chi connectivity index (χ3n) is 2.82. The van der Waals surface area contributed by atoms with Gasteiger partial charge in [-0.1, -0.05) is 30.3 Å². The summed E-state index contributed by atoms with van der Waals surface area (Å²) in [6, 6.07) is 12.4. The first-order valence-corrected chi connectivity index (χ1v) is 5.28. The molecule has 2 aromatic rings. The van der Waals surface area contributed by atoms with E-state index in [1.165, 1.54) is 13.0 Å². The van der Waals surface area contributed by atoms with Crippen LogP contribution in [0.3, 0.4) is 0 Å². The minimum Gasteiger partial charge on any atom is -0.508 e. The van der Waals surface area contributed by atoms with Crippen molar-refractivity contribution in [1.82, 2.24) is 0 Å². The van der Waals surface area contributed by atoms with Gasteiger partial charge in [-0.15, -0.1) is 0 Å². The zero-order valence-electron chi connectivity index (χ0n) is 9.39. The van der Waals surface area contributed by atoms with Crippen molar-refractivity contribution in [2.75, 3.05) is 0 Å². The van der Waals surface area contributed by atoms with Gasteiger partial charge in [-0.3, -0.25) is 0 Å². The topological polar surface area (TPSA) is 40.5 Å². The van der Waals surface area contributed by atoms with E-state index >= 15 is 0 Å². The van der Waals surface area contributed by atoms with Crippen LogP contribution in [-0.2, 0) is 5.60 Å². The van der Waals surface area contributed by atoms with Crippen LogP contribution in [0.1, 0.15) is 18.1 Å². The van der Waals surface area contributed by atoms with Crippen molar-refractivity contribution < 1.29 is 14.6 Å². The van der Waals surface area contributed by atoms with Gasteiger partial charge in [-0.05, 0) is 30.7 Å². The van der Waals surface area contributed by atoms with Gasteiger partial charge >= 0.3 is 0 Å². The predicted molar refractivity (Wildman–Crippen MR) is 63.2 cm³/mol. The summed E-state index contributed by atoms with van der Waals surface area (Å²) in [5.41, 5.74) is -0.669. The Morgan fingerprint density at radius 1 is 1.06 bits per heavy atom. The van der Waals surface area contributed by atoms with Crippen molar-refractivity contribution in [3.8, 4) is 5.75 Å². The van der Waals surface area contributed by atoms with Crippen LogP contribution < -0.4 is 0 Å². The zero-order chi connectivity index (χ0) is 12.5. The van der Waals surface area contributed by atoms with Gasteiger partial charge in [0.2, 0.25) is 0 Å². The molecular weight excluding hydrogens is 219 g/mol. The highest BCUT2D eigenvalue weighted by Gasteiger charge is 2.28. The molecule has 2 nitrogen and oxygen atoms in total. The maximum Gasteiger partial charge on any atom is 0.123 e. The number of halogens is 1. The van der Waals surface area contributed by atoms with Gasteiger partial charge in [-0.25, -0.2) is 4.39 Å². The molecule has 0 heterocycles. The van der Waals surface area contributed by atoms with Crippen molar-refractivity contribution in [1.29, 1.82) is 0 Å². The van der Waals surface area contributed by atoms with E-state index in [9.17, 15) is 14.6 Å². The Bertz CT molecular complexity index is 521.